The number of carbonyl (C=O) groups excluding carboxylic acids is 1. The monoisotopic (exact) mass is 257 g/mol. The van der Waals surface area contributed by atoms with E-state index in [9.17, 15) is 4.79 Å². The summed E-state index contributed by atoms with van der Waals surface area (Å²) in [4.78, 5) is 11.7. The number of amides is 1. The standard InChI is InChI=1S/C15H15NO3/c1-11-3-2-4-14(9-11)19-10-15(18)16-12-5-7-13(17)8-6-12/h2-9,17H,10H2,1H3,(H,16,18). The number of aromatic hydroxyl groups is 1. The topological polar surface area (TPSA) is 58.6 Å². The lowest BCUT2D eigenvalue weighted by Gasteiger charge is -2.08. The van der Waals surface area contributed by atoms with Crippen LogP contribution in [0.3, 0.4) is 0 Å². The number of nitrogens with one attached hydrogen (secondary N) is 1. The molecule has 98 valence electrons. The lowest BCUT2D eigenvalue weighted by atomic mass is 10.2. The van der Waals surface area contributed by atoms with Gasteiger partial charge in [0.05, 0.1) is 0 Å². The SMILES string of the molecule is Cc1cccc(OCC(=O)Nc2ccc(O)cc2)c1. The van der Waals surface area contributed by atoms with Crippen LogP contribution in [0.5, 0.6) is 11.5 Å². The van der Waals surface area contributed by atoms with Gasteiger partial charge in [0.15, 0.2) is 6.61 Å². The lowest BCUT2D eigenvalue weighted by molar-refractivity contribution is -0.118. The molecule has 2 aromatic carbocycles. The number of rotatable bonds is 4. The molecule has 2 rings (SSSR count). The molecule has 4 heteroatoms. The maximum Gasteiger partial charge on any atom is 0.262 e. The van der Waals surface area contributed by atoms with Gasteiger partial charge in [0.1, 0.15) is 11.5 Å². The Bertz CT molecular complexity index is 564. The van der Waals surface area contributed by atoms with E-state index in [0.717, 1.165) is 5.56 Å². The summed E-state index contributed by atoms with van der Waals surface area (Å²) >= 11 is 0. The van der Waals surface area contributed by atoms with Gasteiger partial charge in [-0.1, -0.05) is 12.1 Å². The van der Waals surface area contributed by atoms with Crippen molar-refractivity contribution in [3.8, 4) is 11.5 Å². The van der Waals surface area contributed by atoms with Crippen molar-refractivity contribution in [1.29, 1.82) is 0 Å². The van der Waals surface area contributed by atoms with Gasteiger partial charge in [-0.15, -0.1) is 0 Å². The van der Waals surface area contributed by atoms with Crippen molar-refractivity contribution in [2.24, 2.45) is 0 Å². The molecule has 0 fully saturated rings. The largest absolute Gasteiger partial charge is 0.508 e. The van der Waals surface area contributed by atoms with Crippen molar-refractivity contribution in [2.75, 3.05) is 11.9 Å². The Morgan fingerprint density at radius 1 is 1.21 bits per heavy atom. The first-order valence-electron chi connectivity index (χ1n) is 5.92. The third-order valence-corrected chi connectivity index (χ3v) is 2.51. The molecule has 0 aliphatic carbocycles. The van der Waals surface area contributed by atoms with Crippen molar-refractivity contribution in [2.45, 2.75) is 6.92 Å². The van der Waals surface area contributed by atoms with E-state index in [1.165, 1.54) is 12.1 Å². The fourth-order valence-electron chi connectivity index (χ4n) is 1.60. The quantitative estimate of drug-likeness (QED) is 0.828. The Kier molecular flexibility index (Phi) is 4.03. The summed E-state index contributed by atoms with van der Waals surface area (Å²) in [5.74, 6) is 0.585. The average molecular weight is 257 g/mol. The van der Waals surface area contributed by atoms with Gasteiger partial charge in [-0.05, 0) is 48.9 Å². The van der Waals surface area contributed by atoms with Crippen LogP contribution in [-0.2, 0) is 4.79 Å². The molecule has 0 radical (unpaired) electrons. The third-order valence-electron chi connectivity index (χ3n) is 2.51. The second-order valence-electron chi connectivity index (χ2n) is 4.20. The molecule has 0 aliphatic rings. The number of phenols is 1. The van der Waals surface area contributed by atoms with Crippen LogP contribution in [0, 0.1) is 6.92 Å². The second kappa shape index (κ2) is 5.91. The Labute approximate surface area is 111 Å². The number of aryl methyl sites for hydroxylation is 1. The van der Waals surface area contributed by atoms with E-state index < -0.39 is 0 Å². The highest BCUT2D eigenvalue weighted by Crippen LogP contribution is 2.14. The van der Waals surface area contributed by atoms with Crippen LogP contribution in [0.2, 0.25) is 0 Å². The first kappa shape index (κ1) is 13.0. The van der Waals surface area contributed by atoms with E-state index in [4.69, 9.17) is 9.84 Å². The van der Waals surface area contributed by atoms with Crippen LogP contribution in [0.1, 0.15) is 5.56 Å². The fraction of sp³-hybridized carbons (Fsp3) is 0.133. The molecule has 0 heterocycles. The molecule has 19 heavy (non-hydrogen) atoms. The summed E-state index contributed by atoms with van der Waals surface area (Å²) in [5, 5.41) is 11.8. The lowest BCUT2D eigenvalue weighted by Crippen LogP contribution is -2.20. The Hall–Kier alpha value is -2.49. The number of hydrogen-bond acceptors (Lipinski definition) is 3. The predicted octanol–water partition coefficient (Wildman–Crippen LogP) is 2.72. The maximum absolute atomic E-state index is 11.7. The number of ether oxygens (including phenoxy) is 1. The number of phenolic OH excluding ortho intramolecular Hbond substituents is 1. The van der Waals surface area contributed by atoms with Gasteiger partial charge in [0.2, 0.25) is 0 Å². The molecular weight excluding hydrogens is 242 g/mol. The second-order valence-corrected chi connectivity index (χ2v) is 4.20. The summed E-state index contributed by atoms with van der Waals surface area (Å²) in [7, 11) is 0. The zero-order valence-corrected chi connectivity index (χ0v) is 10.6. The Morgan fingerprint density at radius 2 is 1.95 bits per heavy atom. The van der Waals surface area contributed by atoms with Gasteiger partial charge in [-0.25, -0.2) is 0 Å². The first-order valence-corrected chi connectivity index (χ1v) is 5.92. The van der Waals surface area contributed by atoms with Crippen LogP contribution in [0.15, 0.2) is 48.5 Å². The zero-order valence-electron chi connectivity index (χ0n) is 10.6. The zero-order chi connectivity index (χ0) is 13.7. The molecule has 1 amide bonds. The highest BCUT2D eigenvalue weighted by atomic mass is 16.5. The minimum Gasteiger partial charge on any atom is -0.508 e. The van der Waals surface area contributed by atoms with Crippen molar-refractivity contribution in [1.82, 2.24) is 0 Å². The third kappa shape index (κ3) is 4.03. The van der Waals surface area contributed by atoms with Crippen LogP contribution >= 0.6 is 0 Å². The Morgan fingerprint density at radius 3 is 2.63 bits per heavy atom. The number of carbonyl (C=O) groups is 1. The van der Waals surface area contributed by atoms with Crippen molar-refractivity contribution < 1.29 is 14.6 Å². The minimum absolute atomic E-state index is 0.0513. The van der Waals surface area contributed by atoms with Crippen LogP contribution in [0.25, 0.3) is 0 Å². The average Bonchev–Trinajstić information content (AvgIpc) is 2.39. The highest BCUT2D eigenvalue weighted by Gasteiger charge is 2.03. The van der Waals surface area contributed by atoms with Gasteiger partial charge < -0.3 is 15.2 Å². The molecule has 0 bridgehead atoms. The fourth-order valence-corrected chi connectivity index (χ4v) is 1.60. The van der Waals surface area contributed by atoms with Crippen molar-refractivity contribution in [3.63, 3.8) is 0 Å². The van der Waals surface area contributed by atoms with Crippen LogP contribution in [0.4, 0.5) is 5.69 Å². The normalized spacial score (nSPS) is 9.95. The molecule has 0 saturated heterocycles. The molecule has 0 spiro atoms. The smallest absolute Gasteiger partial charge is 0.262 e. The molecular formula is C15H15NO3. The molecule has 0 saturated carbocycles. The van der Waals surface area contributed by atoms with E-state index in [1.54, 1.807) is 18.2 Å². The molecule has 0 aromatic heterocycles. The molecule has 2 aromatic rings. The van der Waals surface area contributed by atoms with Crippen molar-refractivity contribution >= 4 is 11.6 Å². The van der Waals surface area contributed by atoms with Gasteiger partial charge >= 0.3 is 0 Å². The molecule has 2 N–H and O–H groups in total. The van der Waals surface area contributed by atoms with E-state index in [-0.39, 0.29) is 18.3 Å². The molecule has 0 unspecified atom stereocenters. The first-order chi connectivity index (χ1) is 9.13. The van der Waals surface area contributed by atoms with Gasteiger partial charge in [0.25, 0.3) is 5.91 Å². The highest BCUT2D eigenvalue weighted by molar-refractivity contribution is 5.91. The van der Waals surface area contributed by atoms with Gasteiger partial charge in [-0.2, -0.15) is 0 Å². The summed E-state index contributed by atoms with van der Waals surface area (Å²) in [6.07, 6.45) is 0. The van der Waals surface area contributed by atoms with Crippen molar-refractivity contribution in [3.05, 3.63) is 54.1 Å². The van der Waals surface area contributed by atoms with E-state index in [1.807, 2.05) is 25.1 Å². The van der Waals surface area contributed by atoms with Gasteiger partial charge in [-0.3, -0.25) is 4.79 Å². The summed E-state index contributed by atoms with van der Waals surface area (Å²) in [6.45, 7) is 1.91. The van der Waals surface area contributed by atoms with Gasteiger partial charge in [0, 0.05) is 5.69 Å². The molecule has 0 atom stereocenters. The summed E-state index contributed by atoms with van der Waals surface area (Å²) in [6, 6.07) is 13.8. The Balaban J connectivity index is 1.86. The summed E-state index contributed by atoms with van der Waals surface area (Å²) in [5.41, 5.74) is 1.70. The minimum atomic E-state index is -0.243. The number of anilines is 1. The number of hydrogen-bond donors (Lipinski definition) is 2. The van der Waals surface area contributed by atoms with Crippen LogP contribution < -0.4 is 10.1 Å². The van der Waals surface area contributed by atoms with E-state index in [2.05, 4.69) is 5.32 Å². The molecule has 4 nitrogen and oxygen atoms in total. The van der Waals surface area contributed by atoms with Crippen LogP contribution in [-0.4, -0.2) is 17.6 Å². The van der Waals surface area contributed by atoms with E-state index in [0.29, 0.717) is 11.4 Å². The predicted molar refractivity (Wildman–Crippen MR) is 73.4 cm³/mol. The number of benzene rings is 2. The maximum atomic E-state index is 11.7. The summed E-state index contributed by atoms with van der Waals surface area (Å²) < 4.78 is 5.38. The van der Waals surface area contributed by atoms with E-state index >= 15 is 0 Å². The molecule has 0 aliphatic heterocycles.